The van der Waals surface area contributed by atoms with E-state index in [0.717, 1.165) is 0 Å². The van der Waals surface area contributed by atoms with Gasteiger partial charge in [0.1, 0.15) is 4.90 Å². The molecule has 1 aromatic heterocycles. The minimum atomic E-state index is -3.65. The molecule has 1 aliphatic rings. The molecule has 0 radical (unpaired) electrons. The molecule has 116 valence electrons. The Morgan fingerprint density at radius 1 is 1.38 bits per heavy atom. The molecule has 9 heteroatoms. The van der Waals surface area contributed by atoms with Gasteiger partial charge in [-0.2, -0.15) is 0 Å². The van der Waals surface area contributed by atoms with E-state index in [4.69, 9.17) is 4.74 Å². The minimum Gasteiger partial charge on any atom is -0.378 e. The van der Waals surface area contributed by atoms with E-state index in [1.54, 1.807) is 4.90 Å². The van der Waals surface area contributed by atoms with Gasteiger partial charge < -0.3 is 9.64 Å². The zero-order chi connectivity index (χ0) is 15.3. The molecule has 0 aromatic carbocycles. The number of hydrogen-bond donors (Lipinski definition) is 1. The Balaban J connectivity index is 1.86. The second kappa shape index (κ2) is 7.30. The maximum atomic E-state index is 12.0. The molecule has 21 heavy (non-hydrogen) atoms. The molecular weight excluding hydrogens is 362 g/mol. The second-order valence-electron chi connectivity index (χ2n) is 4.48. The first-order valence-electron chi connectivity index (χ1n) is 6.45. The van der Waals surface area contributed by atoms with Crippen LogP contribution in [0.1, 0.15) is 6.42 Å². The summed E-state index contributed by atoms with van der Waals surface area (Å²) >= 11 is 3.17. The summed E-state index contributed by atoms with van der Waals surface area (Å²) in [6.07, 6.45) is 2.89. The summed E-state index contributed by atoms with van der Waals surface area (Å²) in [5.74, 6) is -0.0756. The lowest BCUT2D eigenvalue weighted by Gasteiger charge is -2.26. The predicted octanol–water partition coefficient (Wildman–Crippen LogP) is 0.371. The molecule has 0 spiro atoms. The summed E-state index contributed by atoms with van der Waals surface area (Å²) in [4.78, 5) is 17.4. The highest BCUT2D eigenvalue weighted by Crippen LogP contribution is 2.14. The van der Waals surface area contributed by atoms with Crippen molar-refractivity contribution in [1.82, 2.24) is 14.6 Å². The number of amides is 1. The van der Waals surface area contributed by atoms with Crippen LogP contribution in [-0.2, 0) is 19.6 Å². The van der Waals surface area contributed by atoms with Crippen molar-refractivity contribution in [3.8, 4) is 0 Å². The van der Waals surface area contributed by atoms with Gasteiger partial charge in [-0.25, -0.2) is 13.1 Å². The van der Waals surface area contributed by atoms with Gasteiger partial charge in [-0.15, -0.1) is 0 Å². The summed E-state index contributed by atoms with van der Waals surface area (Å²) < 4.78 is 32.2. The number of nitrogens with one attached hydrogen (secondary N) is 1. The summed E-state index contributed by atoms with van der Waals surface area (Å²) in [7, 11) is -3.65. The van der Waals surface area contributed by atoms with Gasteiger partial charge in [0.25, 0.3) is 0 Å². The van der Waals surface area contributed by atoms with Crippen molar-refractivity contribution in [2.24, 2.45) is 0 Å². The highest BCUT2D eigenvalue weighted by molar-refractivity contribution is 9.10. The van der Waals surface area contributed by atoms with E-state index in [1.165, 1.54) is 18.5 Å². The van der Waals surface area contributed by atoms with Gasteiger partial charge in [0.15, 0.2) is 0 Å². The third-order valence-corrected chi connectivity index (χ3v) is 4.85. The van der Waals surface area contributed by atoms with Crippen LogP contribution in [0.3, 0.4) is 0 Å². The fourth-order valence-corrected chi connectivity index (χ4v) is 3.42. The number of ether oxygens (including phenoxy) is 1. The molecule has 2 heterocycles. The van der Waals surface area contributed by atoms with Gasteiger partial charge in [0.05, 0.1) is 13.2 Å². The number of nitrogens with zero attached hydrogens (tertiary/aromatic N) is 2. The number of sulfonamides is 1. The first kappa shape index (κ1) is 16.3. The predicted molar refractivity (Wildman–Crippen MR) is 79.1 cm³/mol. The molecule has 0 saturated carbocycles. The molecule has 7 nitrogen and oxygen atoms in total. The number of morpholine rings is 1. The smallest absolute Gasteiger partial charge is 0.242 e. The summed E-state index contributed by atoms with van der Waals surface area (Å²) in [5.41, 5.74) is 0. The molecular formula is C12H16BrN3O4S. The Morgan fingerprint density at radius 3 is 2.76 bits per heavy atom. The van der Waals surface area contributed by atoms with E-state index in [2.05, 4.69) is 25.6 Å². The van der Waals surface area contributed by atoms with Crippen molar-refractivity contribution in [2.75, 3.05) is 32.8 Å². The summed E-state index contributed by atoms with van der Waals surface area (Å²) in [6.45, 7) is 2.23. The first-order chi connectivity index (χ1) is 9.99. The lowest BCUT2D eigenvalue weighted by molar-refractivity contribution is -0.135. The monoisotopic (exact) mass is 377 g/mol. The number of pyridine rings is 1. The Bertz CT molecular complexity index is 602. The number of carbonyl (C=O) groups is 1. The van der Waals surface area contributed by atoms with Gasteiger partial charge in [-0.1, -0.05) is 0 Å². The Hall–Kier alpha value is -1.03. The highest BCUT2D eigenvalue weighted by Gasteiger charge is 2.18. The van der Waals surface area contributed by atoms with Crippen molar-refractivity contribution in [3.05, 3.63) is 22.9 Å². The molecule has 1 amide bonds. The van der Waals surface area contributed by atoms with Crippen molar-refractivity contribution in [3.63, 3.8) is 0 Å². The zero-order valence-electron chi connectivity index (χ0n) is 11.3. The maximum absolute atomic E-state index is 12.0. The molecule has 1 aliphatic heterocycles. The van der Waals surface area contributed by atoms with Crippen LogP contribution in [-0.4, -0.2) is 57.1 Å². The number of aromatic nitrogens is 1. The van der Waals surface area contributed by atoms with E-state index in [1.807, 2.05) is 0 Å². The van der Waals surface area contributed by atoms with Crippen molar-refractivity contribution < 1.29 is 17.9 Å². The van der Waals surface area contributed by atoms with Crippen LogP contribution >= 0.6 is 15.9 Å². The molecule has 2 rings (SSSR count). The molecule has 1 saturated heterocycles. The Labute approximate surface area is 131 Å². The lowest BCUT2D eigenvalue weighted by atomic mass is 10.3. The lowest BCUT2D eigenvalue weighted by Crippen LogP contribution is -2.42. The van der Waals surface area contributed by atoms with Gasteiger partial charge in [-0.05, 0) is 22.0 Å². The molecule has 0 unspecified atom stereocenters. The normalized spacial score (nSPS) is 16.0. The van der Waals surface area contributed by atoms with Crippen molar-refractivity contribution in [2.45, 2.75) is 11.3 Å². The average molecular weight is 378 g/mol. The topological polar surface area (TPSA) is 88.6 Å². The van der Waals surface area contributed by atoms with Gasteiger partial charge in [-0.3, -0.25) is 9.78 Å². The quantitative estimate of drug-likeness (QED) is 0.800. The molecule has 0 aliphatic carbocycles. The average Bonchev–Trinajstić information content (AvgIpc) is 2.48. The number of hydrogen-bond acceptors (Lipinski definition) is 5. The summed E-state index contributed by atoms with van der Waals surface area (Å²) in [6, 6.07) is 1.46. The molecule has 0 atom stereocenters. The number of halogens is 1. The van der Waals surface area contributed by atoms with Crippen LogP contribution in [0.5, 0.6) is 0 Å². The fourth-order valence-electron chi connectivity index (χ4n) is 1.89. The van der Waals surface area contributed by atoms with Crippen LogP contribution in [0.4, 0.5) is 0 Å². The SMILES string of the molecule is O=C(CCNS(=O)(=O)c1cncc(Br)c1)N1CCOCC1. The number of carbonyl (C=O) groups excluding carboxylic acids is 1. The van der Waals surface area contributed by atoms with Gasteiger partial charge >= 0.3 is 0 Å². The minimum absolute atomic E-state index is 0.0606. The van der Waals surface area contributed by atoms with Crippen molar-refractivity contribution >= 4 is 31.9 Å². The van der Waals surface area contributed by atoms with Crippen LogP contribution < -0.4 is 4.72 Å². The van der Waals surface area contributed by atoms with E-state index >= 15 is 0 Å². The molecule has 0 bridgehead atoms. The fraction of sp³-hybridized carbons (Fsp3) is 0.500. The Kier molecular flexibility index (Phi) is 5.68. The Morgan fingerprint density at radius 2 is 2.10 bits per heavy atom. The molecule has 1 N–H and O–H groups in total. The molecule has 1 fully saturated rings. The zero-order valence-corrected chi connectivity index (χ0v) is 13.7. The second-order valence-corrected chi connectivity index (χ2v) is 7.16. The number of rotatable bonds is 5. The first-order valence-corrected chi connectivity index (χ1v) is 8.72. The standard InChI is InChI=1S/C12H16BrN3O4S/c13-10-7-11(9-14-8-10)21(18,19)15-2-1-12(17)16-3-5-20-6-4-16/h7-9,15H,1-6H2. The van der Waals surface area contributed by atoms with Gasteiger partial charge in [0, 0.05) is 42.9 Å². The highest BCUT2D eigenvalue weighted by atomic mass is 79.9. The van der Waals surface area contributed by atoms with E-state index in [-0.39, 0.29) is 23.8 Å². The van der Waals surface area contributed by atoms with Gasteiger partial charge in [0.2, 0.25) is 15.9 Å². The van der Waals surface area contributed by atoms with E-state index < -0.39 is 10.0 Å². The van der Waals surface area contributed by atoms with Crippen LogP contribution in [0.2, 0.25) is 0 Å². The van der Waals surface area contributed by atoms with Crippen molar-refractivity contribution in [1.29, 1.82) is 0 Å². The van der Waals surface area contributed by atoms with Crippen LogP contribution in [0.25, 0.3) is 0 Å². The third kappa shape index (κ3) is 4.73. The molecule has 1 aromatic rings. The largest absolute Gasteiger partial charge is 0.378 e. The third-order valence-electron chi connectivity index (χ3n) is 2.98. The van der Waals surface area contributed by atoms with E-state index in [0.29, 0.717) is 30.8 Å². The summed E-state index contributed by atoms with van der Waals surface area (Å²) in [5, 5.41) is 0. The van der Waals surface area contributed by atoms with Crippen LogP contribution in [0, 0.1) is 0 Å². The maximum Gasteiger partial charge on any atom is 0.242 e. The van der Waals surface area contributed by atoms with Crippen LogP contribution in [0.15, 0.2) is 27.8 Å². The van der Waals surface area contributed by atoms with E-state index in [9.17, 15) is 13.2 Å².